The quantitative estimate of drug-likeness (QED) is 0.448. The first kappa shape index (κ1) is 28.6. The van der Waals surface area contributed by atoms with Crippen molar-refractivity contribution in [3.05, 3.63) is 53.6 Å². The molecule has 2 heterocycles. The number of piperazine rings is 1. The zero-order valence-electron chi connectivity index (χ0n) is 22.5. The van der Waals surface area contributed by atoms with Gasteiger partial charge in [-0.05, 0) is 36.2 Å². The molecule has 2 aliphatic heterocycles. The molecule has 4 rings (SSSR count). The molecule has 4 amide bonds. The van der Waals surface area contributed by atoms with Crippen molar-refractivity contribution in [2.75, 3.05) is 57.0 Å². The number of ketones is 1. The average Bonchev–Trinajstić information content (AvgIpc) is 3.32. The Hall–Kier alpha value is -4.45. The number of nitrogens with zero attached hydrogens (tertiary/aromatic N) is 3. The number of urea groups is 1. The molecule has 40 heavy (non-hydrogen) atoms. The lowest BCUT2D eigenvalue weighted by atomic mass is 10.1. The monoisotopic (exact) mass is 551 g/mol. The van der Waals surface area contributed by atoms with Crippen LogP contribution < -0.4 is 15.4 Å². The first-order chi connectivity index (χ1) is 19.1. The molecule has 2 aliphatic rings. The zero-order valence-corrected chi connectivity index (χ0v) is 22.5. The second-order valence-corrected chi connectivity index (χ2v) is 9.88. The first-order valence-electron chi connectivity index (χ1n) is 13.0. The molecule has 12 nitrogen and oxygen atoms in total. The summed E-state index contributed by atoms with van der Waals surface area (Å²) >= 11 is 0. The van der Waals surface area contributed by atoms with Gasteiger partial charge < -0.3 is 30.3 Å². The first-order valence-corrected chi connectivity index (χ1v) is 13.0. The fourth-order valence-corrected chi connectivity index (χ4v) is 4.92. The minimum atomic E-state index is -0.927. The van der Waals surface area contributed by atoms with Crippen LogP contribution in [0.25, 0.3) is 0 Å². The summed E-state index contributed by atoms with van der Waals surface area (Å²) in [6, 6.07) is 11.0. The summed E-state index contributed by atoms with van der Waals surface area (Å²) in [5.74, 6) is -1.42. The summed E-state index contributed by atoms with van der Waals surface area (Å²) in [7, 11) is 1.45. The van der Waals surface area contributed by atoms with E-state index < -0.39 is 18.0 Å². The molecule has 2 saturated heterocycles. The Bertz CT molecular complexity index is 1310. The Labute approximate surface area is 231 Å². The number of rotatable bonds is 8. The van der Waals surface area contributed by atoms with E-state index in [4.69, 9.17) is 9.84 Å². The lowest BCUT2D eigenvalue weighted by Gasteiger charge is -2.36. The van der Waals surface area contributed by atoms with Gasteiger partial charge in [-0.25, -0.2) is 4.79 Å². The molecule has 3 N–H and O–H groups in total. The Morgan fingerprint density at radius 3 is 2.38 bits per heavy atom. The van der Waals surface area contributed by atoms with Gasteiger partial charge in [-0.1, -0.05) is 24.3 Å². The number of methoxy groups -OCH3 is 1. The number of carboxylic acids is 1. The second-order valence-electron chi connectivity index (χ2n) is 9.88. The van der Waals surface area contributed by atoms with Gasteiger partial charge in [-0.3, -0.25) is 24.1 Å². The second kappa shape index (κ2) is 12.6. The van der Waals surface area contributed by atoms with Crippen LogP contribution in [0.2, 0.25) is 0 Å². The highest BCUT2D eigenvalue weighted by Gasteiger charge is 2.41. The maximum atomic E-state index is 13.2. The Morgan fingerprint density at radius 1 is 1.00 bits per heavy atom. The summed E-state index contributed by atoms with van der Waals surface area (Å²) in [6.45, 7) is 3.15. The highest BCUT2D eigenvalue weighted by atomic mass is 16.5. The zero-order chi connectivity index (χ0) is 28.8. The van der Waals surface area contributed by atoms with E-state index in [9.17, 15) is 24.0 Å². The number of carbonyl (C=O) groups excluding carboxylic acids is 4. The fraction of sp³-hybridized carbons (Fsp3) is 0.393. The third-order valence-corrected chi connectivity index (χ3v) is 7.05. The number of carbonyl (C=O) groups is 5. The normalized spacial score (nSPS) is 17.4. The van der Waals surface area contributed by atoms with E-state index in [0.717, 1.165) is 5.56 Å². The number of ether oxygens (including phenoxy) is 1. The molecule has 1 unspecified atom stereocenters. The molecule has 0 aromatic heterocycles. The van der Waals surface area contributed by atoms with Gasteiger partial charge in [0, 0.05) is 38.3 Å². The molecule has 0 saturated carbocycles. The maximum absolute atomic E-state index is 13.2. The number of anilines is 2. The van der Waals surface area contributed by atoms with Crippen LogP contribution in [-0.4, -0.2) is 102 Å². The number of amides is 4. The van der Waals surface area contributed by atoms with E-state index in [0.29, 0.717) is 48.9 Å². The molecule has 0 aliphatic carbocycles. The van der Waals surface area contributed by atoms with Crippen LogP contribution >= 0.6 is 0 Å². The minimum absolute atomic E-state index is 0.0396. The lowest BCUT2D eigenvalue weighted by Crippen LogP contribution is -2.55. The van der Waals surface area contributed by atoms with E-state index in [2.05, 4.69) is 10.6 Å². The van der Waals surface area contributed by atoms with Gasteiger partial charge in [0.05, 0.1) is 32.3 Å². The smallest absolute Gasteiger partial charge is 0.323 e. The molecule has 2 aromatic carbocycles. The van der Waals surface area contributed by atoms with Gasteiger partial charge >= 0.3 is 12.0 Å². The summed E-state index contributed by atoms with van der Waals surface area (Å²) in [6.07, 6.45) is -0.0996. The van der Waals surface area contributed by atoms with E-state index in [-0.39, 0.29) is 43.5 Å². The summed E-state index contributed by atoms with van der Waals surface area (Å²) < 4.78 is 5.43. The number of hydrogen-bond donors (Lipinski definition) is 3. The minimum Gasteiger partial charge on any atom is -0.495 e. The van der Waals surface area contributed by atoms with Gasteiger partial charge in [-0.2, -0.15) is 0 Å². The van der Waals surface area contributed by atoms with Crippen molar-refractivity contribution in [2.24, 2.45) is 0 Å². The number of hydrogen-bond acceptors (Lipinski definition) is 7. The third kappa shape index (κ3) is 6.94. The summed E-state index contributed by atoms with van der Waals surface area (Å²) in [5, 5.41) is 14.5. The standard InChI is InChI=1S/C28H33N5O7/c1-18-5-3-4-6-21(18)29-28(39)30-22-8-7-19(13-24(22)40-2)14-25(35)33-16-20(34)15-23(33)27(38)32-11-9-31(10-12-32)17-26(36)37/h3-8,13,23H,9-12,14-17H2,1-2H3,(H,36,37)(H2,29,30,39). The average molecular weight is 552 g/mol. The van der Waals surface area contributed by atoms with Crippen molar-refractivity contribution in [3.63, 3.8) is 0 Å². The number of para-hydroxylation sites is 1. The van der Waals surface area contributed by atoms with Crippen molar-refractivity contribution in [1.82, 2.24) is 14.7 Å². The van der Waals surface area contributed by atoms with Crippen molar-refractivity contribution in [2.45, 2.75) is 25.8 Å². The van der Waals surface area contributed by atoms with Gasteiger partial charge in [0.1, 0.15) is 11.8 Å². The fourth-order valence-electron chi connectivity index (χ4n) is 4.92. The van der Waals surface area contributed by atoms with Gasteiger partial charge in [0.25, 0.3) is 0 Å². The Kier molecular flexibility index (Phi) is 9.00. The van der Waals surface area contributed by atoms with E-state index in [1.54, 1.807) is 34.1 Å². The number of aliphatic carboxylic acids is 1. The number of nitrogens with one attached hydrogen (secondary N) is 2. The molecule has 2 aromatic rings. The highest BCUT2D eigenvalue weighted by molar-refractivity contribution is 6.01. The van der Waals surface area contributed by atoms with Crippen LogP contribution in [0.5, 0.6) is 5.75 Å². The summed E-state index contributed by atoms with van der Waals surface area (Å²) in [5.41, 5.74) is 2.60. The number of carboxylic acid groups (broad SMARTS) is 1. The predicted molar refractivity (Wildman–Crippen MR) is 146 cm³/mol. The van der Waals surface area contributed by atoms with Crippen molar-refractivity contribution >= 4 is 41.0 Å². The molecular formula is C28H33N5O7. The molecular weight excluding hydrogens is 518 g/mol. The van der Waals surface area contributed by atoms with Crippen molar-refractivity contribution < 1.29 is 33.8 Å². The number of Topliss-reactive ketones (excluding diaryl/α,β-unsaturated/α-hetero) is 1. The van der Waals surface area contributed by atoms with Gasteiger partial charge in [0.2, 0.25) is 11.8 Å². The number of likely N-dealkylation sites (tertiary alicyclic amines) is 1. The van der Waals surface area contributed by atoms with E-state index >= 15 is 0 Å². The number of benzene rings is 2. The maximum Gasteiger partial charge on any atom is 0.323 e. The molecule has 12 heteroatoms. The summed E-state index contributed by atoms with van der Waals surface area (Å²) in [4.78, 5) is 66.9. The third-order valence-electron chi connectivity index (χ3n) is 7.05. The van der Waals surface area contributed by atoms with Crippen LogP contribution in [0.3, 0.4) is 0 Å². The van der Waals surface area contributed by atoms with Crippen LogP contribution in [0, 0.1) is 6.92 Å². The van der Waals surface area contributed by atoms with Crippen LogP contribution in [0.1, 0.15) is 17.5 Å². The Morgan fingerprint density at radius 2 is 1.70 bits per heavy atom. The Balaban J connectivity index is 1.38. The lowest BCUT2D eigenvalue weighted by molar-refractivity contribution is -0.145. The van der Waals surface area contributed by atoms with Crippen LogP contribution in [0.15, 0.2) is 42.5 Å². The van der Waals surface area contributed by atoms with Crippen LogP contribution in [0.4, 0.5) is 16.2 Å². The molecule has 0 bridgehead atoms. The van der Waals surface area contributed by atoms with Crippen molar-refractivity contribution in [1.29, 1.82) is 0 Å². The molecule has 1 atom stereocenters. The largest absolute Gasteiger partial charge is 0.495 e. The molecule has 2 fully saturated rings. The number of aryl methyl sites for hydroxylation is 1. The van der Waals surface area contributed by atoms with E-state index in [1.165, 1.54) is 12.0 Å². The van der Waals surface area contributed by atoms with Crippen LogP contribution in [-0.2, 0) is 25.6 Å². The van der Waals surface area contributed by atoms with Crippen molar-refractivity contribution in [3.8, 4) is 5.75 Å². The SMILES string of the molecule is COc1cc(CC(=O)N2CC(=O)CC2C(=O)N2CCN(CC(=O)O)CC2)ccc1NC(=O)Nc1ccccc1C. The molecule has 0 spiro atoms. The molecule has 0 radical (unpaired) electrons. The highest BCUT2D eigenvalue weighted by Crippen LogP contribution is 2.27. The van der Waals surface area contributed by atoms with Gasteiger partial charge in [0.15, 0.2) is 5.78 Å². The van der Waals surface area contributed by atoms with E-state index in [1.807, 2.05) is 25.1 Å². The predicted octanol–water partition coefficient (Wildman–Crippen LogP) is 1.59. The molecule has 212 valence electrons. The topological polar surface area (TPSA) is 149 Å². The van der Waals surface area contributed by atoms with Gasteiger partial charge in [-0.15, -0.1) is 0 Å².